The maximum atomic E-state index is 10.2. The molecule has 59 heavy (non-hydrogen) atoms. The lowest BCUT2D eigenvalue weighted by Crippen LogP contribution is -2.28. The lowest BCUT2D eigenvalue weighted by atomic mass is 9.67. The van der Waals surface area contributed by atoms with Gasteiger partial charge in [-0.05, 0) is 122 Å². The highest BCUT2D eigenvalue weighted by Gasteiger charge is 2.46. The van der Waals surface area contributed by atoms with E-state index in [4.69, 9.17) is 4.11 Å². The predicted octanol–water partition coefficient (Wildman–Crippen LogP) is 14.9. The Balaban J connectivity index is 1.22. The molecular formula is C57H38N2. The Morgan fingerprint density at radius 2 is 1.08 bits per heavy atom. The monoisotopic (exact) mass is 757 g/mol. The van der Waals surface area contributed by atoms with Crippen molar-refractivity contribution < 1.29 is 9.60 Å². The fraction of sp³-hybridized carbons (Fsp3) is 0.0175. The van der Waals surface area contributed by atoms with Crippen LogP contribution in [0.15, 0.2) is 230 Å². The van der Waals surface area contributed by atoms with Crippen molar-refractivity contribution in [3.8, 4) is 16.8 Å². The molecule has 1 atom stereocenters. The van der Waals surface area contributed by atoms with Gasteiger partial charge in [-0.15, -0.1) is 0 Å². The third kappa shape index (κ3) is 5.06. The number of nitrogens with zero attached hydrogens (tertiary/aromatic N) is 2. The fourth-order valence-corrected chi connectivity index (χ4v) is 9.50. The van der Waals surface area contributed by atoms with Gasteiger partial charge in [0.2, 0.25) is 0 Å². The molecule has 0 N–H and O–H groups in total. The highest BCUT2D eigenvalue weighted by Crippen LogP contribution is 2.58. The molecule has 11 aromatic rings. The fourth-order valence-electron chi connectivity index (χ4n) is 9.50. The summed E-state index contributed by atoms with van der Waals surface area (Å²) in [6.07, 6.45) is 0. The quantitative estimate of drug-likeness (QED) is 0.164. The molecule has 0 saturated carbocycles. The van der Waals surface area contributed by atoms with Crippen LogP contribution in [0.1, 0.15) is 31.8 Å². The first kappa shape index (κ1) is 27.0. The molecule has 2 heteroatoms. The normalized spacial score (nSPS) is 16.2. The Morgan fingerprint density at radius 1 is 0.407 bits per heavy atom. The average Bonchev–Trinajstić information content (AvgIpc) is 3.84. The van der Waals surface area contributed by atoms with Crippen LogP contribution >= 0.6 is 0 Å². The first-order valence-corrected chi connectivity index (χ1v) is 19.9. The molecule has 0 fully saturated rings. The topological polar surface area (TPSA) is 8.17 Å². The smallest absolute Gasteiger partial charge is 0.0714 e. The molecule has 1 aliphatic carbocycles. The van der Waals surface area contributed by atoms with Crippen molar-refractivity contribution in [2.45, 2.75) is 5.41 Å². The van der Waals surface area contributed by atoms with E-state index in [1.54, 1.807) is 0 Å². The van der Waals surface area contributed by atoms with E-state index in [0.29, 0.717) is 0 Å². The van der Waals surface area contributed by atoms with E-state index in [-0.39, 0.29) is 34.5 Å². The molecule has 0 saturated heterocycles. The van der Waals surface area contributed by atoms with Crippen LogP contribution < -0.4 is 4.90 Å². The molecule has 0 spiro atoms. The van der Waals surface area contributed by atoms with E-state index >= 15 is 0 Å². The second-order valence-corrected chi connectivity index (χ2v) is 15.1. The van der Waals surface area contributed by atoms with E-state index in [0.717, 1.165) is 83.1 Å². The standard InChI is InChI=1S/C57H38N2/c1-3-19-45(20-4-1)58(47-31-28-40-16-8-10-18-42(40)36-47)48-32-34-54-52(38-48)49-23-11-13-25-53(49)57(54,43-29-27-39-15-7-9-17-41(39)35-43)44-30-33-51-50-24-12-14-26-55(50)59(56(51)37-44)46-21-5-2-6-22-46/h1-38H/i7D,9D,15D,17D,27D,29D,35D. The van der Waals surface area contributed by atoms with Gasteiger partial charge in [0.15, 0.2) is 0 Å². The molecule has 0 amide bonds. The average molecular weight is 758 g/mol. The summed E-state index contributed by atoms with van der Waals surface area (Å²) < 4.78 is 67.3. The van der Waals surface area contributed by atoms with Crippen molar-refractivity contribution in [2.24, 2.45) is 0 Å². The van der Waals surface area contributed by atoms with E-state index in [1.165, 1.54) is 0 Å². The first-order valence-electron chi connectivity index (χ1n) is 23.4. The minimum atomic E-state index is -1.40. The van der Waals surface area contributed by atoms with Crippen molar-refractivity contribution in [3.05, 3.63) is 253 Å². The Bertz CT molecular complexity index is 3810. The summed E-state index contributed by atoms with van der Waals surface area (Å²) in [6, 6.07) is 61.6. The zero-order valence-electron chi connectivity index (χ0n) is 38.8. The third-order valence-electron chi connectivity index (χ3n) is 12.0. The van der Waals surface area contributed by atoms with Gasteiger partial charge in [0.25, 0.3) is 0 Å². The van der Waals surface area contributed by atoms with Gasteiger partial charge in [0, 0.05) is 33.5 Å². The maximum Gasteiger partial charge on any atom is 0.0714 e. The van der Waals surface area contributed by atoms with Crippen molar-refractivity contribution in [3.63, 3.8) is 0 Å². The lowest BCUT2D eigenvalue weighted by Gasteiger charge is -2.34. The number of rotatable bonds is 6. The van der Waals surface area contributed by atoms with Gasteiger partial charge >= 0.3 is 0 Å². The van der Waals surface area contributed by atoms with E-state index < -0.39 is 29.6 Å². The van der Waals surface area contributed by atoms with Crippen molar-refractivity contribution in [1.82, 2.24) is 4.57 Å². The zero-order valence-corrected chi connectivity index (χ0v) is 31.8. The van der Waals surface area contributed by atoms with Gasteiger partial charge < -0.3 is 9.47 Å². The van der Waals surface area contributed by atoms with E-state index in [2.05, 4.69) is 119 Å². The summed E-state index contributed by atoms with van der Waals surface area (Å²) in [5.74, 6) is 0. The highest BCUT2D eigenvalue weighted by molar-refractivity contribution is 6.10. The van der Waals surface area contributed by atoms with Crippen molar-refractivity contribution in [2.75, 3.05) is 4.90 Å². The summed E-state index contributed by atoms with van der Waals surface area (Å²) in [7, 11) is 0. The summed E-state index contributed by atoms with van der Waals surface area (Å²) in [6.45, 7) is 0. The Kier molecular flexibility index (Phi) is 6.05. The van der Waals surface area contributed by atoms with Crippen LogP contribution in [0.3, 0.4) is 0 Å². The first-order chi connectivity index (χ1) is 32.2. The molecule has 12 rings (SSSR count). The van der Waals surface area contributed by atoms with Gasteiger partial charge in [-0.25, -0.2) is 0 Å². The summed E-state index contributed by atoms with van der Waals surface area (Å²) in [5.41, 5.74) is 8.66. The van der Waals surface area contributed by atoms with Crippen LogP contribution in [0.2, 0.25) is 0 Å². The molecule has 0 radical (unpaired) electrons. The van der Waals surface area contributed by atoms with Crippen molar-refractivity contribution in [1.29, 1.82) is 0 Å². The third-order valence-corrected chi connectivity index (χ3v) is 12.0. The SMILES string of the molecule is [2H]c1c([2H])c([2H])c2c([2H])c(C3(c4ccc5c6ccccc6n(-c6ccccc6)c5c4)c4ccccc4-c4cc(N(c5ccccc5)c5ccc6ccccc6c5)ccc43)c([2H])c([2H])c2c1[2H]. The Labute approximate surface area is 353 Å². The van der Waals surface area contributed by atoms with Gasteiger partial charge in [-0.3, -0.25) is 0 Å². The van der Waals surface area contributed by atoms with Gasteiger partial charge in [0.1, 0.15) is 0 Å². The molecule has 1 aliphatic rings. The Hall–Kier alpha value is -7.68. The van der Waals surface area contributed by atoms with Crippen LogP contribution in [-0.2, 0) is 5.41 Å². The van der Waals surface area contributed by atoms with E-state index in [1.807, 2.05) is 78.9 Å². The highest BCUT2D eigenvalue weighted by atomic mass is 15.1. The Morgan fingerprint density at radius 3 is 1.97 bits per heavy atom. The van der Waals surface area contributed by atoms with Crippen LogP contribution in [0.5, 0.6) is 0 Å². The largest absolute Gasteiger partial charge is 0.310 e. The number of fused-ring (bicyclic) bond motifs is 8. The number of anilines is 3. The van der Waals surface area contributed by atoms with Gasteiger partial charge in [0.05, 0.1) is 26.0 Å². The molecule has 1 unspecified atom stereocenters. The molecule has 0 aliphatic heterocycles. The van der Waals surface area contributed by atoms with Crippen LogP contribution in [-0.4, -0.2) is 4.57 Å². The molecule has 1 heterocycles. The van der Waals surface area contributed by atoms with E-state index in [9.17, 15) is 5.48 Å². The summed E-state index contributed by atoms with van der Waals surface area (Å²) in [4.78, 5) is 2.24. The molecule has 2 nitrogen and oxygen atoms in total. The predicted molar refractivity (Wildman–Crippen MR) is 248 cm³/mol. The minimum absolute atomic E-state index is 0.0787. The molecule has 1 aromatic heterocycles. The van der Waals surface area contributed by atoms with Crippen LogP contribution in [0.4, 0.5) is 17.1 Å². The van der Waals surface area contributed by atoms with Crippen LogP contribution in [0, 0.1) is 0 Å². The number of hydrogen-bond acceptors (Lipinski definition) is 1. The minimum Gasteiger partial charge on any atom is -0.310 e. The maximum absolute atomic E-state index is 10.2. The molecule has 10 aromatic carbocycles. The molecular weight excluding hydrogens is 713 g/mol. The van der Waals surface area contributed by atoms with Gasteiger partial charge in [-0.1, -0.05) is 164 Å². The van der Waals surface area contributed by atoms with Crippen LogP contribution in [0.25, 0.3) is 60.2 Å². The number of para-hydroxylation sites is 3. The zero-order chi connectivity index (χ0) is 45.0. The number of benzene rings is 10. The number of hydrogen-bond donors (Lipinski definition) is 0. The van der Waals surface area contributed by atoms with Gasteiger partial charge in [-0.2, -0.15) is 0 Å². The van der Waals surface area contributed by atoms with Crippen molar-refractivity contribution >= 4 is 60.4 Å². The number of aromatic nitrogens is 1. The second kappa shape index (κ2) is 13.2. The molecule has 0 bridgehead atoms. The second-order valence-electron chi connectivity index (χ2n) is 15.1. The summed E-state index contributed by atoms with van der Waals surface area (Å²) >= 11 is 0. The lowest BCUT2D eigenvalue weighted by molar-refractivity contribution is 0.771. The molecule has 276 valence electrons. The summed E-state index contributed by atoms with van der Waals surface area (Å²) in [5, 5.41) is 4.12.